The van der Waals surface area contributed by atoms with Crippen LogP contribution in [0.2, 0.25) is 0 Å². The lowest BCUT2D eigenvalue weighted by Gasteiger charge is -2.06. The molecular weight excluding hydrogens is 432 g/mol. The molecule has 2 aromatic heterocycles. The molecule has 4 aromatic rings. The highest BCUT2D eigenvalue weighted by atomic mass is 32.2. The minimum absolute atomic E-state index is 0.0328. The first-order valence-corrected chi connectivity index (χ1v) is 10.7. The molecule has 0 unspecified atom stereocenters. The Morgan fingerprint density at radius 2 is 1.91 bits per heavy atom. The van der Waals surface area contributed by atoms with Crippen LogP contribution < -0.4 is 10.1 Å². The van der Waals surface area contributed by atoms with Gasteiger partial charge in [0.1, 0.15) is 16.5 Å². The first-order chi connectivity index (χ1) is 15.5. The third-order valence-electron chi connectivity index (χ3n) is 4.39. The van der Waals surface area contributed by atoms with E-state index in [0.29, 0.717) is 23.1 Å². The Morgan fingerprint density at radius 1 is 1.12 bits per heavy atom. The number of aromatic nitrogens is 4. The number of carbonyl (C=O) groups is 1. The second-order valence-electron chi connectivity index (χ2n) is 6.53. The average molecular weight is 450 g/mol. The molecule has 162 valence electrons. The summed E-state index contributed by atoms with van der Waals surface area (Å²) in [7, 11) is 0. The molecule has 0 bridgehead atoms. The maximum atomic E-state index is 12.3. The number of amides is 1. The van der Waals surface area contributed by atoms with Crippen molar-refractivity contribution in [2.24, 2.45) is 0 Å². The van der Waals surface area contributed by atoms with E-state index in [4.69, 9.17) is 4.74 Å². The number of para-hydroxylation sites is 2. The molecule has 1 amide bonds. The number of ether oxygens (including phenoxy) is 1. The van der Waals surface area contributed by atoms with Crippen molar-refractivity contribution in [3.05, 3.63) is 70.8 Å². The number of nitrogens with one attached hydrogen (secondary N) is 1. The quantitative estimate of drug-likeness (QED) is 0.244. The summed E-state index contributed by atoms with van der Waals surface area (Å²) in [6, 6.07) is 17.0. The highest BCUT2D eigenvalue weighted by Crippen LogP contribution is 2.25. The Hall–Kier alpha value is -3.99. The van der Waals surface area contributed by atoms with Crippen molar-refractivity contribution >= 4 is 34.7 Å². The molecule has 0 aliphatic heterocycles. The number of hydrogen-bond acceptors (Lipinski definition) is 8. The van der Waals surface area contributed by atoms with Crippen LogP contribution in [0.25, 0.3) is 17.0 Å². The number of hydrogen-bond donors (Lipinski definition) is 1. The van der Waals surface area contributed by atoms with Gasteiger partial charge < -0.3 is 10.1 Å². The van der Waals surface area contributed by atoms with Gasteiger partial charge in [0, 0.05) is 11.6 Å². The van der Waals surface area contributed by atoms with Gasteiger partial charge in [0.15, 0.2) is 11.5 Å². The number of nitrogens with zero attached hydrogens (tertiary/aromatic N) is 5. The first-order valence-electron chi connectivity index (χ1n) is 9.67. The SMILES string of the molecule is CCOc1ccc(-c2nnc3ccc(SCC(=O)Nc4ccccc4[N+](=O)[O-])nn23)cc1. The van der Waals surface area contributed by atoms with Crippen LogP contribution >= 0.6 is 11.8 Å². The molecule has 0 aliphatic rings. The summed E-state index contributed by atoms with van der Waals surface area (Å²) < 4.78 is 7.07. The molecule has 0 aliphatic carbocycles. The Morgan fingerprint density at radius 3 is 2.66 bits per heavy atom. The summed E-state index contributed by atoms with van der Waals surface area (Å²) >= 11 is 1.20. The maximum Gasteiger partial charge on any atom is 0.292 e. The van der Waals surface area contributed by atoms with Gasteiger partial charge in [-0.2, -0.15) is 9.61 Å². The molecule has 2 aromatic carbocycles. The van der Waals surface area contributed by atoms with Gasteiger partial charge in [-0.1, -0.05) is 23.9 Å². The zero-order valence-corrected chi connectivity index (χ0v) is 17.8. The highest BCUT2D eigenvalue weighted by molar-refractivity contribution is 7.99. The minimum Gasteiger partial charge on any atom is -0.494 e. The Bertz CT molecular complexity index is 1280. The number of fused-ring (bicyclic) bond motifs is 1. The molecule has 0 saturated heterocycles. The summed E-state index contributed by atoms with van der Waals surface area (Å²) in [5.41, 5.74) is 1.39. The molecule has 0 radical (unpaired) electrons. The standard InChI is InChI=1S/C21H18N6O4S/c1-2-31-15-9-7-14(8-10-15)21-24-23-18-11-12-20(25-26(18)21)32-13-19(28)22-16-5-3-4-6-17(16)27(29)30/h3-12H,2,13H2,1H3,(H,22,28). The Balaban J connectivity index is 1.48. The van der Waals surface area contributed by atoms with Gasteiger partial charge in [0.2, 0.25) is 5.91 Å². The number of benzene rings is 2. The van der Waals surface area contributed by atoms with Crippen LogP contribution in [-0.4, -0.2) is 43.0 Å². The van der Waals surface area contributed by atoms with Gasteiger partial charge >= 0.3 is 0 Å². The molecule has 10 nitrogen and oxygen atoms in total. The fourth-order valence-corrected chi connectivity index (χ4v) is 3.62. The molecule has 11 heteroatoms. The third-order valence-corrected chi connectivity index (χ3v) is 5.31. The van der Waals surface area contributed by atoms with Gasteiger partial charge in [-0.3, -0.25) is 14.9 Å². The van der Waals surface area contributed by atoms with Gasteiger partial charge in [0.05, 0.1) is 17.3 Å². The van der Waals surface area contributed by atoms with Crippen LogP contribution in [0.1, 0.15) is 6.92 Å². The second-order valence-corrected chi connectivity index (χ2v) is 7.53. The highest BCUT2D eigenvalue weighted by Gasteiger charge is 2.16. The van der Waals surface area contributed by atoms with E-state index in [2.05, 4.69) is 20.6 Å². The zero-order valence-electron chi connectivity index (χ0n) is 17.0. The van der Waals surface area contributed by atoms with E-state index in [1.807, 2.05) is 31.2 Å². The van der Waals surface area contributed by atoms with E-state index in [9.17, 15) is 14.9 Å². The van der Waals surface area contributed by atoms with Crippen molar-refractivity contribution in [2.45, 2.75) is 11.9 Å². The second kappa shape index (κ2) is 9.43. The van der Waals surface area contributed by atoms with Crippen molar-refractivity contribution in [3.8, 4) is 17.1 Å². The average Bonchev–Trinajstić information content (AvgIpc) is 3.22. The van der Waals surface area contributed by atoms with Crippen LogP contribution in [0.4, 0.5) is 11.4 Å². The van der Waals surface area contributed by atoms with Crippen molar-refractivity contribution in [3.63, 3.8) is 0 Å². The number of thioether (sulfide) groups is 1. The van der Waals surface area contributed by atoms with Crippen LogP contribution in [0, 0.1) is 10.1 Å². The summed E-state index contributed by atoms with van der Waals surface area (Å²) in [5.74, 6) is 0.987. The van der Waals surface area contributed by atoms with Crippen LogP contribution in [0.15, 0.2) is 65.7 Å². The molecule has 32 heavy (non-hydrogen) atoms. The number of carbonyl (C=O) groups excluding carboxylic acids is 1. The van der Waals surface area contributed by atoms with E-state index in [-0.39, 0.29) is 23.0 Å². The third kappa shape index (κ3) is 4.67. The lowest BCUT2D eigenvalue weighted by atomic mass is 10.2. The summed E-state index contributed by atoms with van der Waals surface area (Å²) in [5, 5.41) is 27.1. The lowest BCUT2D eigenvalue weighted by molar-refractivity contribution is -0.383. The molecule has 0 fully saturated rings. The Labute approximate surface area is 186 Å². The lowest BCUT2D eigenvalue weighted by Crippen LogP contribution is -2.15. The van der Waals surface area contributed by atoms with E-state index < -0.39 is 4.92 Å². The molecule has 0 spiro atoms. The van der Waals surface area contributed by atoms with Crippen LogP contribution in [0.3, 0.4) is 0 Å². The summed E-state index contributed by atoms with van der Waals surface area (Å²) in [6.45, 7) is 2.50. The fourth-order valence-electron chi connectivity index (χ4n) is 2.96. The molecule has 0 atom stereocenters. The van der Waals surface area contributed by atoms with E-state index in [1.54, 1.807) is 28.8 Å². The molecular formula is C21H18N6O4S. The summed E-state index contributed by atoms with van der Waals surface area (Å²) in [4.78, 5) is 22.9. The number of rotatable bonds is 8. The molecule has 0 saturated carbocycles. The van der Waals surface area contributed by atoms with Crippen molar-refractivity contribution < 1.29 is 14.5 Å². The van der Waals surface area contributed by atoms with Gasteiger partial charge in [0.25, 0.3) is 5.69 Å². The molecule has 2 heterocycles. The zero-order chi connectivity index (χ0) is 22.5. The topological polar surface area (TPSA) is 125 Å². The first kappa shape index (κ1) is 21.2. The smallest absolute Gasteiger partial charge is 0.292 e. The van der Waals surface area contributed by atoms with Gasteiger partial charge in [-0.25, -0.2) is 0 Å². The van der Waals surface area contributed by atoms with E-state index in [0.717, 1.165) is 11.3 Å². The van der Waals surface area contributed by atoms with Crippen molar-refractivity contribution in [1.29, 1.82) is 0 Å². The predicted octanol–water partition coefficient (Wildman–Crippen LogP) is 3.83. The molecule has 4 rings (SSSR count). The van der Waals surface area contributed by atoms with Gasteiger partial charge in [-0.05, 0) is 49.4 Å². The predicted molar refractivity (Wildman–Crippen MR) is 120 cm³/mol. The summed E-state index contributed by atoms with van der Waals surface area (Å²) in [6.07, 6.45) is 0. The molecule has 1 N–H and O–H groups in total. The minimum atomic E-state index is -0.535. The van der Waals surface area contributed by atoms with E-state index in [1.165, 1.54) is 23.9 Å². The number of nitro benzene ring substituents is 1. The van der Waals surface area contributed by atoms with Crippen molar-refractivity contribution in [2.75, 3.05) is 17.7 Å². The Kier molecular flexibility index (Phi) is 6.26. The number of anilines is 1. The maximum absolute atomic E-state index is 12.3. The monoisotopic (exact) mass is 450 g/mol. The largest absolute Gasteiger partial charge is 0.494 e. The fraction of sp³-hybridized carbons (Fsp3) is 0.143. The normalized spacial score (nSPS) is 10.8. The van der Waals surface area contributed by atoms with E-state index >= 15 is 0 Å². The van der Waals surface area contributed by atoms with Crippen molar-refractivity contribution in [1.82, 2.24) is 19.8 Å². The van der Waals surface area contributed by atoms with Gasteiger partial charge in [-0.15, -0.1) is 10.2 Å². The van der Waals surface area contributed by atoms with Crippen LogP contribution in [0.5, 0.6) is 5.75 Å². The number of nitro groups is 1. The van der Waals surface area contributed by atoms with Crippen LogP contribution in [-0.2, 0) is 4.79 Å².